The van der Waals surface area contributed by atoms with Crippen LogP contribution >= 0.6 is 0 Å². The molecule has 1 heterocycles. The van der Waals surface area contributed by atoms with E-state index in [2.05, 4.69) is 0 Å². The lowest BCUT2D eigenvalue weighted by Crippen LogP contribution is -2.48. The third-order valence-corrected chi connectivity index (χ3v) is 1.42. The molecule has 0 aromatic carbocycles. The first-order chi connectivity index (χ1) is 3.83. The van der Waals surface area contributed by atoms with Crippen molar-refractivity contribution >= 4 is 0 Å². The Morgan fingerprint density at radius 3 is 2.50 bits per heavy atom. The Morgan fingerprint density at radius 2 is 2.50 bits per heavy atom. The number of nitrogens with two attached hydrogens (primary N) is 1. The molecule has 8 heavy (non-hydrogen) atoms. The molecule has 1 rings (SSSR count). The molecule has 0 radical (unpaired) electrons. The van der Waals surface area contributed by atoms with E-state index in [1.165, 1.54) is 0 Å². The van der Waals surface area contributed by atoms with Gasteiger partial charge in [-0.3, -0.25) is 0 Å². The molecule has 0 spiro atoms. The van der Waals surface area contributed by atoms with Crippen LogP contribution in [0.3, 0.4) is 0 Å². The Balaban J connectivity index is 2.49. The van der Waals surface area contributed by atoms with Gasteiger partial charge in [-0.1, -0.05) is 0 Å². The van der Waals surface area contributed by atoms with Gasteiger partial charge in [0, 0.05) is 13.0 Å². The zero-order valence-corrected chi connectivity index (χ0v) is 4.55. The van der Waals surface area contributed by atoms with Gasteiger partial charge >= 0.3 is 0 Å². The topological polar surface area (TPSA) is 59.0 Å². The van der Waals surface area contributed by atoms with Crippen LogP contribution in [0.5, 0.6) is 0 Å². The van der Waals surface area contributed by atoms with Crippen molar-refractivity contribution in [3.63, 3.8) is 0 Å². The van der Waals surface area contributed by atoms with Crippen LogP contribution in [0.25, 0.3) is 0 Å². The third-order valence-electron chi connectivity index (χ3n) is 1.42. The zero-order valence-electron chi connectivity index (χ0n) is 4.55. The van der Waals surface area contributed by atoms with Crippen molar-refractivity contribution < 1.29 is 4.74 Å². The van der Waals surface area contributed by atoms with E-state index in [1.807, 2.05) is 6.07 Å². The molecule has 3 nitrogen and oxygen atoms in total. The molecule has 1 fully saturated rings. The molecule has 0 bridgehead atoms. The Morgan fingerprint density at radius 1 is 1.88 bits per heavy atom. The first-order valence-electron chi connectivity index (χ1n) is 2.58. The molecule has 0 aromatic heterocycles. The third kappa shape index (κ3) is 0.585. The summed E-state index contributed by atoms with van der Waals surface area (Å²) in [7, 11) is 0. The van der Waals surface area contributed by atoms with Gasteiger partial charge in [0.25, 0.3) is 0 Å². The predicted molar refractivity (Wildman–Crippen MR) is 28.0 cm³/mol. The molecule has 0 saturated carbocycles. The minimum atomic E-state index is -0.611. The van der Waals surface area contributed by atoms with Gasteiger partial charge in [0.15, 0.2) is 5.60 Å². The van der Waals surface area contributed by atoms with Crippen LogP contribution in [0.15, 0.2) is 0 Å². The summed E-state index contributed by atoms with van der Waals surface area (Å²) in [5.41, 5.74) is 4.62. The first kappa shape index (κ1) is 5.54. The number of nitriles is 1. The number of nitrogens with zero attached hydrogens (tertiary/aromatic N) is 1. The molecular formula is C5H8N2O. The molecule has 1 unspecified atom stereocenters. The van der Waals surface area contributed by atoms with Crippen LogP contribution in [0.4, 0.5) is 0 Å². The van der Waals surface area contributed by atoms with Crippen molar-refractivity contribution in [3.05, 3.63) is 0 Å². The summed E-state index contributed by atoms with van der Waals surface area (Å²) in [6.07, 6.45) is 0.792. The molecule has 2 N–H and O–H groups in total. The second-order valence-electron chi connectivity index (χ2n) is 1.91. The normalized spacial score (nSPS) is 35.5. The first-order valence-corrected chi connectivity index (χ1v) is 2.58. The Hall–Kier alpha value is -0.590. The van der Waals surface area contributed by atoms with Crippen LogP contribution < -0.4 is 5.73 Å². The van der Waals surface area contributed by atoms with E-state index in [1.54, 1.807) is 0 Å². The zero-order chi connectivity index (χ0) is 6.04. The molecule has 0 amide bonds. The van der Waals surface area contributed by atoms with E-state index < -0.39 is 5.60 Å². The predicted octanol–water partition coefficient (Wildman–Crippen LogP) is -0.372. The average Bonchev–Trinajstić information content (AvgIpc) is 1.67. The molecule has 1 atom stereocenters. The molecule has 1 saturated heterocycles. The number of rotatable bonds is 1. The minimum Gasteiger partial charge on any atom is -0.359 e. The summed E-state index contributed by atoms with van der Waals surface area (Å²) >= 11 is 0. The van der Waals surface area contributed by atoms with Gasteiger partial charge in [0.05, 0.1) is 12.7 Å². The number of hydrogen-bond donors (Lipinski definition) is 1. The highest BCUT2D eigenvalue weighted by molar-refractivity contribution is 5.07. The Labute approximate surface area is 48.0 Å². The summed E-state index contributed by atoms with van der Waals surface area (Å²) in [5, 5.41) is 8.38. The summed E-state index contributed by atoms with van der Waals surface area (Å²) in [4.78, 5) is 0. The van der Waals surface area contributed by atoms with Gasteiger partial charge in [-0.05, 0) is 0 Å². The van der Waals surface area contributed by atoms with E-state index in [0.717, 1.165) is 6.42 Å². The smallest absolute Gasteiger partial charge is 0.168 e. The fraction of sp³-hybridized carbons (Fsp3) is 0.800. The van der Waals surface area contributed by atoms with Gasteiger partial charge in [0.1, 0.15) is 0 Å². The summed E-state index contributed by atoms with van der Waals surface area (Å²) in [6, 6.07) is 2.02. The van der Waals surface area contributed by atoms with Crippen LogP contribution in [-0.4, -0.2) is 18.8 Å². The highest BCUT2D eigenvalue weighted by Crippen LogP contribution is 2.23. The van der Waals surface area contributed by atoms with Crippen molar-refractivity contribution in [2.75, 3.05) is 13.2 Å². The average molecular weight is 112 g/mol. The maximum Gasteiger partial charge on any atom is 0.168 e. The van der Waals surface area contributed by atoms with E-state index >= 15 is 0 Å². The Kier molecular flexibility index (Phi) is 1.20. The van der Waals surface area contributed by atoms with Gasteiger partial charge in [0.2, 0.25) is 0 Å². The van der Waals surface area contributed by atoms with Gasteiger partial charge in [-0.15, -0.1) is 0 Å². The maximum absolute atomic E-state index is 8.38. The van der Waals surface area contributed by atoms with Crippen molar-refractivity contribution in [3.8, 4) is 6.07 Å². The van der Waals surface area contributed by atoms with Gasteiger partial charge < -0.3 is 10.5 Å². The van der Waals surface area contributed by atoms with Crippen LogP contribution in [-0.2, 0) is 4.74 Å². The SMILES string of the molecule is N#CC1(CN)CCO1. The highest BCUT2D eigenvalue weighted by Gasteiger charge is 2.36. The lowest BCUT2D eigenvalue weighted by atomic mass is 9.97. The fourth-order valence-corrected chi connectivity index (χ4v) is 0.643. The maximum atomic E-state index is 8.38. The standard InChI is InChI=1S/C5H8N2O/c6-3-5(4-7)1-2-8-5/h1-3,6H2. The molecule has 1 aliphatic rings. The highest BCUT2D eigenvalue weighted by atomic mass is 16.5. The number of hydrogen-bond acceptors (Lipinski definition) is 3. The molecular weight excluding hydrogens is 104 g/mol. The summed E-state index contributed by atoms with van der Waals surface area (Å²) in [5.74, 6) is 0. The number of ether oxygens (including phenoxy) is 1. The van der Waals surface area contributed by atoms with E-state index in [9.17, 15) is 0 Å². The molecule has 1 aliphatic heterocycles. The lowest BCUT2D eigenvalue weighted by molar-refractivity contribution is -0.0987. The fourth-order valence-electron chi connectivity index (χ4n) is 0.643. The Bertz CT molecular complexity index is 117. The molecule has 0 aromatic rings. The molecule has 3 heteroatoms. The van der Waals surface area contributed by atoms with Crippen molar-refractivity contribution in [1.29, 1.82) is 5.26 Å². The minimum absolute atomic E-state index is 0.323. The molecule has 44 valence electrons. The van der Waals surface area contributed by atoms with Crippen molar-refractivity contribution in [1.82, 2.24) is 0 Å². The van der Waals surface area contributed by atoms with E-state index in [-0.39, 0.29) is 0 Å². The van der Waals surface area contributed by atoms with Crippen molar-refractivity contribution in [2.45, 2.75) is 12.0 Å². The van der Waals surface area contributed by atoms with E-state index in [4.69, 9.17) is 15.7 Å². The van der Waals surface area contributed by atoms with Crippen LogP contribution in [0.1, 0.15) is 6.42 Å². The van der Waals surface area contributed by atoms with Crippen LogP contribution in [0, 0.1) is 11.3 Å². The van der Waals surface area contributed by atoms with Gasteiger partial charge in [-0.25, -0.2) is 0 Å². The molecule has 0 aliphatic carbocycles. The summed E-state index contributed by atoms with van der Waals surface area (Å²) in [6.45, 7) is 1.01. The monoisotopic (exact) mass is 112 g/mol. The second-order valence-corrected chi connectivity index (χ2v) is 1.91. The lowest BCUT2D eigenvalue weighted by Gasteiger charge is -2.33. The summed E-state index contributed by atoms with van der Waals surface area (Å²) < 4.78 is 4.93. The van der Waals surface area contributed by atoms with Crippen molar-refractivity contribution in [2.24, 2.45) is 5.73 Å². The largest absolute Gasteiger partial charge is 0.359 e. The quantitative estimate of drug-likeness (QED) is 0.503. The van der Waals surface area contributed by atoms with E-state index in [0.29, 0.717) is 13.2 Å². The van der Waals surface area contributed by atoms with Crippen LogP contribution in [0.2, 0.25) is 0 Å². The van der Waals surface area contributed by atoms with Gasteiger partial charge in [-0.2, -0.15) is 5.26 Å². The second kappa shape index (κ2) is 1.73.